The Bertz CT molecular complexity index is 1370. The molecular formula is C25H27N5O4. The van der Waals surface area contributed by atoms with Gasteiger partial charge in [0, 0.05) is 19.4 Å². The monoisotopic (exact) mass is 461 g/mol. The van der Waals surface area contributed by atoms with Crippen LogP contribution < -0.4 is 10.9 Å². The summed E-state index contributed by atoms with van der Waals surface area (Å²) < 4.78 is 8.04. The van der Waals surface area contributed by atoms with Crippen molar-refractivity contribution >= 4 is 33.7 Å². The summed E-state index contributed by atoms with van der Waals surface area (Å²) in [5, 5.41) is 9.75. The second kappa shape index (κ2) is 10.7. The molecule has 2 heterocycles. The number of carbonyl (C=O) groups excluding carboxylic acids is 2. The number of esters is 1. The van der Waals surface area contributed by atoms with Gasteiger partial charge in [0.05, 0.1) is 25.9 Å². The molecule has 4 rings (SSSR count). The van der Waals surface area contributed by atoms with Crippen molar-refractivity contribution < 1.29 is 14.3 Å². The predicted octanol–water partition coefficient (Wildman–Crippen LogP) is 2.64. The van der Waals surface area contributed by atoms with Crippen molar-refractivity contribution in [3.63, 3.8) is 0 Å². The van der Waals surface area contributed by atoms with Crippen LogP contribution >= 0.6 is 0 Å². The maximum atomic E-state index is 13.0. The number of fused-ring (bicyclic) bond motifs is 2. The second-order valence-corrected chi connectivity index (χ2v) is 7.93. The normalized spacial score (nSPS) is 11.1. The van der Waals surface area contributed by atoms with Gasteiger partial charge in [0.15, 0.2) is 5.65 Å². The first-order valence-electron chi connectivity index (χ1n) is 11.4. The van der Waals surface area contributed by atoms with E-state index in [9.17, 15) is 14.4 Å². The molecule has 9 heteroatoms. The van der Waals surface area contributed by atoms with Crippen LogP contribution in [-0.2, 0) is 27.4 Å². The van der Waals surface area contributed by atoms with Crippen LogP contribution in [0.1, 0.15) is 31.7 Å². The number of ether oxygens (including phenoxy) is 1. The number of aromatic nitrogens is 4. The van der Waals surface area contributed by atoms with Gasteiger partial charge in [-0.05, 0) is 29.7 Å². The van der Waals surface area contributed by atoms with Crippen LogP contribution in [-0.4, -0.2) is 44.4 Å². The molecule has 0 unspecified atom stereocenters. The predicted molar refractivity (Wildman–Crippen MR) is 128 cm³/mol. The molecule has 0 aliphatic carbocycles. The zero-order chi connectivity index (χ0) is 23.9. The third kappa shape index (κ3) is 5.31. The summed E-state index contributed by atoms with van der Waals surface area (Å²) in [6, 6.07) is 14.1. The van der Waals surface area contributed by atoms with Crippen LogP contribution in [0.2, 0.25) is 0 Å². The standard InChI is InChI=1S/C25H27N5O4/c1-2-34-23(32)12-6-11-22(31)26-13-14-30-24-21(15-28-30)25(33)29(17-27-24)16-19-9-5-8-18-7-3-4-10-20(18)19/h3-5,7-10,15,17H,2,6,11-14,16H2,1H3,(H,26,31). The van der Waals surface area contributed by atoms with Crippen molar-refractivity contribution in [3.05, 3.63) is 70.9 Å². The molecule has 4 aromatic rings. The Balaban J connectivity index is 1.38. The number of hydrogen-bond acceptors (Lipinski definition) is 6. The summed E-state index contributed by atoms with van der Waals surface area (Å²) in [5.74, 6) is -0.443. The zero-order valence-corrected chi connectivity index (χ0v) is 19.1. The minimum Gasteiger partial charge on any atom is -0.466 e. The fourth-order valence-corrected chi connectivity index (χ4v) is 3.90. The number of amides is 1. The van der Waals surface area contributed by atoms with Crippen molar-refractivity contribution in [1.82, 2.24) is 24.6 Å². The van der Waals surface area contributed by atoms with Gasteiger partial charge in [0.2, 0.25) is 5.91 Å². The molecule has 0 saturated heterocycles. The number of rotatable bonds is 10. The third-order valence-electron chi connectivity index (χ3n) is 5.58. The largest absolute Gasteiger partial charge is 0.466 e. The average molecular weight is 462 g/mol. The van der Waals surface area contributed by atoms with E-state index in [2.05, 4.69) is 15.4 Å². The highest BCUT2D eigenvalue weighted by Crippen LogP contribution is 2.19. The van der Waals surface area contributed by atoms with Gasteiger partial charge < -0.3 is 10.1 Å². The van der Waals surface area contributed by atoms with Gasteiger partial charge in [-0.25, -0.2) is 9.67 Å². The summed E-state index contributed by atoms with van der Waals surface area (Å²) in [4.78, 5) is 40.8. The lowest BCUT2D eigenvalue weighted by molar-refractivity contribution is -0.143. The average Bonchev–Trinajstić information content (AvgIpc) is 3.25. The van der Waals surface area contributed by atoms with Crippen molar-refractivity contribution in [1.29, 1.82) is 0 Å². The number of nitrogens with one attached hydrogen (secondary N) is 1. The molecule has 0 radical (unpaired) electrons. The molecule has 0 atom stereocenters. The first-order valence-corrected chi connectivity index (χ1v) is 11.4. The highest BCUT2D eigenvalue weighted by Gasteiger charge is 2.12. The molecular weight excluding hydrogens is 434 g/mol. The summed E-state index contributed by atoms with van der Waals surface area (Å²) in [6.45, 7) is 3.22. The summed E-state index contributed by atoms with van der Waals surface area (Å²) in [5.41, 5.74) is 1.36. The Morgan fingerprint density at radius 3 is 2.74 bits per heavy atom. The van der Waals surface area contributed by atoms with Crippen LogP contribution in [0.5, 0.6) is 0 Å². The van der Waals surface area contributed by atoms with Crippen molar-refractivity contribution in [3.8, 4) is 0 Å². The van der Waals surface area contributed by atoms with Crippen molar-refractivity contribution in [2.45, 2.75) is 39.3 Å². The SMILES string of the molecule is CCOC(=O)CCCC(=O)NCCn1ncc2c(=O)n(Cc3cccc4ccccc34)cnc21. The minimum atomic E-state index is -0.296. The molecule has 0 spiro atoms. The minimum absolute atomic E-state index is 0.147. The topological polar surface area (TPSA) is 108 Å². The summed E-state index contributed by atoms with van der Waals surface area (Å²) in [7, 11) is 0. The molecule has 1 amide bonds. The van der Waals surface area contributed by atoms with Gasteiger partial charge in [0.1, 0.15) is 11.7 Å². The van der Waals surface area contributed by atoms with Crippen LogP contribution in [0.25, 0.3) is 21.8 Å². The van der Waals surface area contributed by atoms with Gasteiger partial charge in [0.25, 0.3) is 5.56 Å². The quantitative estimate of drug-likeness (QED) is 0.364. The lowest BCUT2D eigenvalue weighted by Crippen LogP contribution is -2.27. The Hall–Kier alpha value is -4.01. The van der Waals surface area contributed by atoms with Crippen LogP contribution in [0.4, 0.5) is 0 Å². The smallest absolute Gasteiger partial charge is 0.305 e. The lowest BCUT2D eigenvalue weighted by Gasteiger charge is -2.09. The zero-order valence-electron chi connectivity index (χ0n) is 19.1. The van der Waals surface area contributed by atoms with E-state index in [-0.39, 0.29) is 30.3 Å². The number of benzene rings is 2. The van der Waals surface area contributed by atoms with E-state index in [1.165, 1.54) is 6.20 Å². The lowest BCUT2D eigenvalue weighted by atomic mass is 10.0. The summed E-state index contributed by atoms with van der Waals surface area (Å²) >= 11 is 0. The molecule has 9 nitrogen and oxygen atoms in total. The highest BCUT2D eigenvalue weighted by molar-refractivity contribution is 5.85. The first-order chi connectivity index (χ1) is 16.6. The Morgan fingerprint density at radius 2 is 1.88 bits per heavy atom. The molecule has 176 valence electrons. The summed E-state index contributed by atoms with van der Waals surface area (Å²) in [6.07, 6.45) is 3.97. The number of nitrogens with zero attached hydrogens (tertiary/aromatic N) is 4. The Morgan fingerprint density at radius 1 is 1.06 bits per heavy atom. The van der Waals surface area contributed by atoms with Crippen molar-refractivity contribution in [2.24, 2.45) is 0 Å². The van der Waals surface area contributed by atoms with E-state index in [0.29, 0.717) is 43.7 Å². The molecule has 0 aliphatic heterocycles. The molecule has 2 aromatic carbocycles. The van der Waals surface area contributed by atoms with E-state index in [0.717, 1.165) is 16.3 Å². The number of hydrogen-bond donors (Lipinski definition) is 1. The van der Waals surface area contributed by atoms with Crippen LogP contribution in [0.15, 0.2) is 59.8 Å². The van der Waals surface area contributed by atoms with Crippen LogP contribution in [0.3, 0.4) is 0 Å². The van der Waals surface area contributed by atoms with E-state index in [1.807, 2.05) is 42.5 Å². The molecule has 0 fully saturated rings. The Labute approximate surface area is 196 Å². The van der Waals surface area contributed by atoms with Crippen LogP contribution in [0, 0.1) is 0 Å². The van der Waals surface area contributed by atoms with Gasteiger partial charge >= 0.3 is 5.97 Å². The Kier molecular flexibility index (Phi) is 7.31. The highest BCUT2D eigenvalue weighted by atomic mass is 16.5. The fraction of sp³-hybridized carbons (Fsp3) is 0.320. The van der Waals surface area contributed by atoms with Crippen molar-refractivity contribution in [2.75, 3.05) is 13.2 Å². The molecule has 34 heavy (non-hydrogen) atoms. The second-order valence-electron chi connectivity index (χ2n) is 7.93. The molecule has 0 aliphatic rings. The maximum Gasteiger partial charge on any atom is 0.305 e. The fourth-order valence-electron chi connectivity index (χ4n) is 3.90. The van der Waals surface area contributed by atoms with Gasteiger partial charge in [-0.1, -0.05) is 42.5 Å². The van der Waals surface area contributed by atoms with E-state index in [4.69, 9.17) is 4.74 Å². The molecule has 1 N–H and O–H groups in total. The molecule has 0 saturated carbocycles. The van der Waals surface area contributed by atoms with Gasteiger partial charge in [-0.3, -0.25) is 19.0 Å². The van der Waals surface area contributed by atoms with Gasteiger partial charge in [-0.15, -0.1) is 0 Å². The first kappa shape index (κ1) is 23.2. The van der Waals surface area contributed by atoms with E-state index >= 15 is 0 Å². The third-order valence-corrected chi connectivity index (χ3v) is 5.58. The maximum absolute atomic E-state index is 13.0. The van der Waals surface area contributed by atoms with E-state index in [1.54, 1.807) is 22.5 Å². The van der Waals surface area contributed by atoms with E-state index < -0.39 is 0 Å². The molecule has 2 aromatic heterocycles. The van der Waals surface area contributed by atoms with Gasteiger partial charge in [-0.2, -0.15) is 5.10 Å². The number of carbonyl (C=O) groups is 2. The molecule has 0 bridgehead atoms.